The minimum absolute atomic E-state index is 0.527. The van der Waals surface area contributed by atoms with Crippen LogP contribution in [-0.4, -0.2) is 24.8 Å². The molecule has 0 aromatic heterocycles. The Labute approximate surface area is 84.8 Å². The van der Waals surface area contributed by atoms with E-state index >= 15 is 0 Å². The minimum atomic E-state index is -0.679. The van der Waals surface area contributed by atoms with E-state index in [1.807, 2.05) is 0 Å². The number of methoxy groups -OCH3 is 1. The topological polar surface area (TPSA) is 46.5 Å². The third-order valence-corrected chi connectivity index (χ3v) is 3.15. The SMILES string of the molecule is C=C1CCC(CCOC)(C(=O)O)CC1. The Morgan fingerprint density at radius 2 is 2.14 bits per heavy atom. The average Bonchev–Trinajstić information content (AvgIpc) is 2.17. The molecule has 0 amide bonds. The summed E-state index contributed by atoms with van der Waals surface area (Å²) in [6.45, 7) is 4.42. The zero-order chi connectivity index (χ0) is 10.6. The van der Waals surface area contributed by atoms with E-state index in [0.717, 1.165) is 12.8 Å². The second-order valence-electron chi connectivity index (χ2n) is 4.08. The lowest BCUT2D eigenvalue weighted by Gasteiger charge is -2.33. The van der Waals surface area contributed by atoms with Crippen LogP contribution in [0.25, 0.3) is 0 Å². The van der Waals surface area contributed by atoms with Crippen molar-refractivity contribution in [3.63, 3.8) is 0 Å². The first kappa shape index (κ1) is 11.2. The second-order valence-corrected chi connectivity index (χ2v) is 4.08. The molecule has 14 heavy (non-hydrogen) atoms. The van der Waals surface area contributed by atoms with E-state index in [4.69, 9.17) is 4.74 Å². The largest absolute Gasteiger partial charge is 0.481 e. The van der Waals surface area contributed by atoms with Gasteiger partial charge < -0.3 is 9.84 Å². The number of carboxylic acid groups (broad SMARTS) is 1. The van der Waals surface area contributed by atoms with Crippen molar-refractivity contribution in [1.82, 2.24) is 0 Å². The van der Waals surface area contributed by atoms with Crippen molar-refractivity contribution in [3.8, 4) is 0 Å². The summed E-state index contributed by atoms with van der Waals surface area (Å²) in [7, 11) is 1.61. The molecular formula is C11H18O3. The third-order valence-electron chi connectivity index (χ3n) is 3.15. The van der Waals surface area contributed by atoms with Gasteiger partial charge in [0.15, 0.2) is 0 Å². The van der Waals surface area contributed by atoms with E-state index in [2.05, 4.69) is 6.58 Å². The first-order chi connectivity index (χ1) is 6.60. The standard InChI is InChI=1S/C11H18O3/c1-9-3-5-11(6-4-9,10(12)13)7-8-14-2/h1,3-8H2,2H3,(H,12,13). The summed E-state index contributed by atoms with van der Waals surface area (Å²) in [6, 6.07) is 0. The summed E-state index contributed by atoms with van der Waals surface area (Å²) in [6.07, 6.45) is 3.73. The van der Waals surface area contributed by atoms with Crippen LogP contribution in [0.15, 0.2) is 12.2 Å². The Kier molecular flexibility index (Phi) is 3.69. The highest BCUT2D eigenvalue weighted by Crippen LogP contribution is 2.41. The highest BCUT2D eigenvalue weighted by Gasteiger charge is 2.39. The predicted octanol–water partition coefficient (Wildman–Crippen LogP) is 2.22. The fraction of sp³-hybridized carbons (Fsp3) is 0.727. The first-order valence-corrected chi connectivity index (χ1v) is 5.00. The highest BCUT2D eigenvalue weighted by molar-refractivity contribution is 5.74. The zero-order valence-corrected chi connectivity index (χ0v) is 8.71. The Morgan fingerprint density at radius 3 is 2.57 bits per heavy atom. The molecule has 0 spiro atoms. The van der Waals surface area contributed by atoms with Gasteiger partial charge in [-0.3, -0.25) is 4.79 Å². The fourth-order valence-electron chi connectivity index (χ4n) is 1.95. The van der Waals surface area contributed by atoms with Crippen LogP contribution in [0.1, 0.15) is 32.1 Å². The molecule has 0 saturated heterocycles. The summed E-state index contributed by atoms with van der Waals surface area (Å²) >= 11 is 0. The molecule has 0 aromatic rings. The van der Waals surface area contributed by atoms with Gasteiger partial charge in [0, 0.05) is 13.7 Å². The van der Waals surface area contributed by atoms with Gasteiger partial charge in [0.25, 0.3) is 0 Å². The Bertz CT molecular complexity index is 223. The molecule has 1 aliphatic rings. The number of carboxylic acids is 1. The van der Waals surface area contributed by atoms with E-state index in [0.29, 0.717) is 25.9 Å². The number of ether oxygens (including phenoxy) is 1. The molecule has 0 aromatic carbocycles. The van der Waals surface area contributed by atoms with Gasteiger partial charge in [0.1, 0.15) is 0 Å². The summed E-state index contributed by atoms with van der Waals surface area (Å²) in [5.74, 6) is -0.679. The van der Waals surface area contributed by atoms with Crippen LogP contribution < -0.4 is 0 Å². The van der Waals surface area contributed by atoms with E-state index in [9.17, 15) is 9.90 Å². The van der Waals surface area contributed by atoms with Crippen LogP contribution in [0, 0.1) is 5.41 Å². The normalized spacial score (nSPS) is 20.8. The van der Waals surface area contributed by atoms with Crippen LogP contribution in [0.4, 0.5) is 0 Å². The van der Waals surface area contributed by atoms with Crippen LogP contribution in [0.2, 0.25) is 0 Å². The molecule has 1 saturated carbocycles. The molecule has 1 N–H and O–H groups in total. The third kappa shape index (κ3) is 2.35. The molecular weight excluding hydrogens is 180 g/mol. The molecule has 1 rings (SSSR count). The van der Waals surface area contributed by atoms with Crippen LogP contribution in [0.5, 0.6) is 0 Å². The van der Waals surface area contributed by atoms with Gasteiger partial charge in [0.05, 0.1) is 5.41 Å². The lowest BCUT2D eigenvalue weighted by atomic mass is 9.71. The maximum Gasteiger partial charge on any atom is 0.309 e. The van der Waals surface area contributed by atoms with E-state index in [1.54, 1.807) is 7.11 Å². The lowest BCUT2D eigenvalue weighted by Crippen LogP contribution is -2.34. The van der Waals surface area contributed by atoms with Crippen molar-refractivity contribution in [2.75, 3.05) is 13.7 Å². The highest BCUT2D eigenvalue weighted by atomic mass is 16.5. The molecule has 3 heteroatoms. The Morgan fingerprint density at radius 1 is 1.57 bits per heavy atom. The van der Waals surface area contributed by atoms with Gasteiger partial charge in [0.2, 0.25) is 0 Å². The molecule has 3 nitrogen and oxygen atoms in total. The maximum absolute atomic E-state index is 11.2. The molecule has 0 aliphatic heterocycles. The van der Waals surface area contributed by atoms with Gasteiger partial charge >= 0.3 is 5.97 Å². The van der Waals surface area contributed by atoms with Gasteiger partial charge in [-0.1, -0.05) is 12.2 Å². The maximum atomic E-state index is 11.2. The second kappa shape index (κ2) is 4.60. The van der Waals surface area contributed by atoms with E-state index < -0.39 is 11.4 Å². The van der Waals surface area contributed by atoms with Gasteiger partial charge in [-0.15, -0.1) is 0 Å². The number of hydrogen-bond donors (Lipinski definition) is 1. The predicted molar refractivity (Wildman–Crippen MR) is 54.2 cm³/mol. The average molecular weight is 198 g/mol. The smallest absolute Gasteiger partial charge is 0.309 e. The zero-order valence-electron chi connectivity index (χ0n) is 8.71. The quantitative estimate of drug-likeness (QED) is 0.704. The van der Waals surface area contributed by atoms with Gasteiger partial charge in [-0.25, -0.2) is 0 Å². The van der Waals surface area contributed by atoms with E-state index in [1.165, 1.54) is 5.57 Å². The molecule has 0 heterocycles. The molecule has 0 radical (unpaired) electrons. The van der Waals surface area contributed by atoms with Crippen LogP contribution >= 0.6 is 0 Å². The molecule has 1 fully saturated rings. The van der Waals surface area contributed by atoms with Crippen molar-refractivity contribution in [2.24, 2.45) is 5.41 Å². The van der Waals surface area contributed by atoms with Crippen molar-refractivity contribution in [3.05, 3.63) is 12.2 Å². The lowest BCUT2D eigenvalue weighted by molar-refractivity contribution is -0.151. The molecule has 0 bridgehead atoms. The summed E-state index contributed by atoms with van der Waals surface area (Å²) in [4.78, 5) is 11.2. The van der Waals surface area contributed by atoms with Crippen molar-refractivity contribution in [2.45, 2.75) is 32.1 Å². The van der Waals surface area contributed by atoms with Gasteiger partial charge in [-0.2, -0.15) is 0 Å². The van der Waals surface area contributed by atoms with Crippen LogP contribution in [-0.2, 0) is 9.53 Å². The summed E-state index contributed by atoms with van der Waals surface area (Å²) in [5.41, 5.74) is 0.622. The van der Waals surface area contributed by atoms with E-state index in [-0.39, 0.29) is 0 Å². The number of allylic oxidation sites excluding steroid dienone is 1. The summed E-state index contributed by atoms with van der Waals surface area (Å²) in [5, 5.41) is 9.22. The first-order valence-electron chi connectivity index (χ1n) is 5.00. The van der Waals surface area contributed by atoms with Crippen LogP contribution in [0.3, 0.4) is 0 Å². The van der Waals surface area contributed by atoms with Crippen molar-refractivity contribution < 1.29 is 14.6 Å². The van der Waals surface area contributed by atoms with Crippen molar-refractivity contribution >= 4 is 5.97 Å². The summed E-state index contributed by atoms with van der Waals surface area (Å²) < 4.78 is 4.96. The number of aliphatic carboxylic acids is 1. The number of hydrogen-bond acceptors (Lipinski definition) is 2. The molecule has 80 valence electrons. The number of rotatable bonds is 4. The van der Waals surface area contributed by atoms with Crippen molar-refractivity contribution in [1.29, 1.82) is 0 Å². The molecule has 0 unspecified atom stereocenters. The molecule has 1 aliphatic carbocycles. The monoisotopic (exact) mass is 198 g/mol. The fourth-order valence-corrected chi connectivity index (χ4v) is 1.95. The Hall–Kier alpha value is -0.830. The number of carbonyl (C=O) groups is 1. The van der Waals surface area contributed by atoms with Gasteiger partial charge in [-0.05, 0) is 32.1 Å². The minimum Gasteiger partial charge on any atom is -0.481 e. The molecule has 0 atom stereocenters. The Balaban J connectivity index is 2.63.